The number of nitrogens with zero attached hydrogens (tertiary/aromatic N) is 1. The zero-order valence-electron chi connectivity index (χ0n) is 13.7. The fourth-order valence-corrected chi connectivity index (χ4v) is 3.43. The number of primary amides is 1. The largest absolute Gasteiger partial charge is 0.494 e. The summed E-state index contributed by atoms with van der Waals surface area (Å²) in [6.07, 6.45) is 3.82. The van der Waals surface area contributed by atoms with Crippen LogP contribution in [0.5, 0.6) is 5.75 Å². The minimum absolute atomic E-state index is 0.249. The van der Waals surface area contributed by atoms with E-state index in [1.165, 1.54) is 13.2 Å². The molecule has 5 nitrogen and oxygen atoms in total. The van der Waals surface area contributed by atoms with Gasteiger partial charge in [-0.25, -0.2) is 4.39 Å². The number of aromatic nitrogens is 1. The molecule has 1 aliphatic rings. The maximum Gasteiger partial charge on any atom is 0.250 e. The molecule has 1 aromatic heterocycles. The Bertz CT molecular complexity index is 729. The Labute approximate surface area is 140 Å². The first-order valence-electron chi connectivity index (χ1n) is 8.10. The van der Waals surface area contributed by atoms with E-state index in [4.69, 9.17) is 10.5 Å². The molecule has 0 spiro atoms. The molecule has 128 valence electrons. The van der Waals surface area contributed by atoms with Crippen LogP contribution in [-0.2, 0) is 6.54 Å². The number of aromatic amines is 1. The van der Waals surface area contributed by atoms with E-state index >= 15 is 0 Å². The molecule has 0 bridgehead atoms. The van der Waals surface area contributed by atoms with Gasteiger partial charge < -0.3 is 15.5 Å². The van der Waals surface area contributed by atoms with Gasteiger partial charge in [-0.15, -0.1) is 0 Å². The van der Waals surface area contributed by atoms with E-state index in [1.54, 1.807) is 24.4 Å². The van der Waals surface area contributed by atoms with Crippen molar-refractivity contribution in [3.63, 3.8) is 0 Å². The molecular formula is C18H22FN3O2. The number of hydrogen-bond donors (Lipinski definition) is 2. The summed E-state index contributed by atoms with van der Waals surface area (Å²) in [5.41, 5.74) is 7.95. The number of piperidine rings is 1. The maximum absolute atomic E-state index is 13.5. The molecule has 0 aliphatic carbocycles. The molecule has 1 unspecified atom stereocenters. The monoisotopic (exact) mass is 331 g/mol. The summed E-state index contributed by atoms with van der Waals surface area (Å²) in [5, 5.41) is 0. The predicted molar refractivity (Wildman–Crippen MR) is 89.5 cm³/mol. The van der Waals surface area contributed by atoms with Gasteiger partial charge in [0, 0.05) is 30.9 Å². The third kappa shape index (κ3) is 3.43. The number of nitrogens with two attached hydrogens (primary N) is 1. The van der Waals surface area contributed by atoms with Crippen LogP contribution in [0, 0.1) is 5.82 Å². The van der Waals surface area contributed by atoms with Crippen molar-refractivity contribution < 1.29 is 13.9 Å². The molecule has 1 saturated heterocycles. The second kappa shape index (κ2) is 7.05. The highest BCUT2D eigenvalue weighted by Crippen LogP contribution is 2.29. The van der Waals surface area contributed by atoms with Crippen molar-refractivity contribution in [3.8, 4) is 5.75 Å². The van der Waals surface area contributed by atoms with E-state index in [-0.39, 0.29) is 17.5 Å². The highest BCUT2D eigenvalue weighted by Gasteiger charge is 2.25. The quantitative estimate of drug-likeness (QED) is 0.885. The van der Waals surface area contributed by atoms with Gasteiger partial charge in [-0.05, 0) is 43.1 Å². The second-order valence-electron chi connectivity index (χ2n) is 6.21. The number of methoxy groups -OCH3 is 1. The summed E-state index contributed by atoms with van der Waals surface area (Å²) in [5.74, 6) is -0.234. The molecule has 0 radical (unpaired) electrons. The van der Waals surface area contributed by atoms with E-state index in [1.807, 2.05) is 0 Å². The third-order valence-corrected chi connectivity index (χ3v) is 4.58. The Morgan fingerprint density at radius 1 is 1.46 bits per heavy atom. The van der Waals surface area contributed by atoms with Crippen LogP contribution >= 0.6 is 0 Å². The lowest BCUT2D eigenvalue weighted by molar-refractivity contribution is 0.0997. The molecule has 6 heteroatoms. The standard InChI is InChI=1S/C18H22FN3O2/c1-24-16-9-12(4-5-15(16)19)10-22-8-2-3-13(11-22)17-14(18(20)23)6-7-21-17/h4-7,9,13,21H,2-3,8,10-11H2,1H3,(H2,20,23). The molecule has 1 atom stereocenters. The summed E-state index contributed by atoms with van der Waals surface area (Å²) in [6, 6.07) is 6.70. The van der Waals surface area contributed by atoms with Crippen LogP contribution < -0.4 is 10.5 Å². The number of rotatable bonds is 5. The third-order valence-electron chi connectivity index (χ3n) is 4.58. The van der Waals surface area contributed by atoms with Crippen molar-refractivity contribution in [2.75, 3.05) is 20.2 Å². The molecule has 3 N–H and O–H groups in total. The van der Waals surface area contributed by atoms with Gasteiger partial charge in [0.15, 0.2) is 11.6 Å². The number of benzene rings is 1. The minimum Gasteiger partial charge on any atom is -0.494 e. The maximum atomic E-state index is 13.5. The lowest BCUT2D eigenvalue weighted by atomic mass is 9.92. The molecule has 2 heterocycles. The molecule has 0 saturated carbocycles. The fourth-order valence-electron chi connectivity index (χ4n) is 3.43. The lowest BCUT2D eigenvalue weighted by Crippen LogP contribution is -2.34. The van der Waals surface area contributed by atoms with Crippen LogP contribution in [0.4, 0.5) is 4.39 Å². The fraction of sp³-hybridized carbons (Fsp3) is 0.389. The van der Waals surface area contributed by atoms with Crippen LogP contribution in [-0.4, -0.2) is 36.0 Å². The molecule has 1 fully saturated rings. The van der Waals surface area contributed by atoms with Gasteiger partial charge >= 0.3 is 0 Å². The molecule has 1 aromatic carbocycles. The Hall–Kier alpha value is -2.34. The molecule has 24 heavy (non-hydrogen) atoms. The van der Waals surface area contributed by atoms with Crippen LogP contribution in [0.25, 0.3) is 0 Å². The smallest absolute Gasteiger partial charge is 0.250 e. The van der Waals surface area contributed by atoms with Gasteiger partial charge in [0.05, 0.1) is 12.7 Å². The Morgan fingerprint density at radius 3 is 3.04 bits per heavy atom. The number of nitrogens with one attached hydrogen (secondary N) is 1. The topological polar surface area (TPSA) is 71.3 Å². The number of halogens is 1. The zero-order chi connectivity index (χ0) is 17.1. The van der Waals surface area contributed by atoms with Crippen molar-refractivity contribution in [3.05, 3.63) is 53.1 Å². The van der Waals surface area contributed by atoms with Crippen molar-refractivity contribution in [2.24, 2.45) is 5.73 Å². The van der Waals surface area contributed by atoms with Crippen molar-refractivity contribution >= 4 is 5.91 Å². The number of ether oxygens (including phenoxy) is 1. The summed E-state index contributed by atoms with van der Waals surface area (Å²) in [7, 11) is 1.47. The van der Waals surface area contributed by atoms with Crippen molar-refractivity contribution in [2.45, 2.75) is 25.3 Å². The number of carbonyl (C=O) groups is 1. The van der Waals surface area contributed by atoms with E-state index in [9.17, 15) is 9.18 Å². The van der Waals surface area contributed by atoms with E-state index in [2.05, 4.69) is 9.88 Å². The van der Waals surface area contributed by atoms with Crippen molar-refractivity contribution in [1.29, 1.82) is 0 Å². The molecular weight excluding hydrogens is 309 g/mol. The lowest BCUT2D eigenvalue weighted by Gasteiger charge is -2.32. The summed E-state index contributed by atoms with van der Waals surface area (Å²) < 4.78 is 18.6. The zero-order valence-corrected chi connectivity index (χ0v) is 13.7. The van der Waals surface area contributed by atoms with Crippen LogP contribution in [0.3, 0.4) is 0 Å². The van der Waals surface area contributed by atoms with E-state index < -0.39 is 5.91 Å². The predicted octanol–water partition coefficient (Wildman–Crippen LogP) is 2.64. The van der Waals surface area contributed by atoms with Gasteiger partial charge in [-0.2, -0.15) is 0 Å². The average Bonchev–Trinajstić information content (AvgIpc) is 3.07. The van der Waals surface area contributed by atoms with E-state index in [0.717, 1.165) is 43.7 Å². The highest BCUT2D eigenvalue weighted by atomic mass is 19.1. The summed E-state index contributed by atoms with van der Waals surface area (Å²) >= 11 is 0. The first kappa shape index (κ1) is 16.5. The number of likely N-dealkylation sites (tertiary alicyclic amines) is 1. The number of H-pyrrole nitrogens is 1. The summed E-state index contributed by atoms with van der Waals surface area (Å²) in [6.45, 7) is 2.53. The van der Waals surface area contributed by atoms with Crippen LogP contribution in [0.1, 0.15) is 40.4 Å². The van der Waals surface area contributed by atoms with Gasteiger partial charge in [0.2, 0.25) is 0 Å². The first-order valence-corrected chi connectivity index (χ1v) is 8.10. The normalized spacial score (nSPS) is 18.5. The highest BCUT2D eigenvalue weighted by molar-refractivity contribution is 5.94. The Morgan fingerprint density at radius 2 is 2.29 bits per heavy atom. The second-order valence-corrected chi connectivity index (χ2v) is 6.21. The van der Waals surface area contributed by atoms with Gasteiger partial charge in [-0.1, -0.05) is 6.07 Å². The van der Waals surface area contributed by atoms with Crippen LogP contribution in [0.2, 0.25) is 0 Å². The van der Waals surface area contributed by atoms with Crippen LogP contribution in [0.15, 0.2) is 30.5 Å². The number of hydrogen-bond acceptors (Lipinski definition) is 3. The van der Waals surface area contributed by atoms with E-state index in [0.29, 0.717) is 5.56 Å². The average molecular weight is 331 g/mol. The van der Waals surface area contributed by atoms with Gasteiger partial charge in [0.25, 0.3) is 5.91 Å². The van der Waals surface area contributed by atoms with Crippen molar-refractivity contribution in [1.82, 2.24) is 9.88 Å². The Balaban J connectivity index is 1.72. The Kier molecular flexibility index (Phi) is 4.85. The van der Waals surface area contributed by atoms with Gasteiger partial charge in [0.1, 0.15) is 0 Å². The molecule has 3 rings (SSSR count). The molecule has 2 aromatic rings. The molecule has 1 amide bonds. The van der Waals surface area contributed by atoms with Gasteiger partial charge in [-0.3, -0.25) is 9.69 Å². The number of amides is 1. The number of carbonyl (C=O) groups excluding carboxylic acids is 1. The minimum atomic E-state index is -0.397. The SMILES string of the molecule is COc1cc(CN2CCCC(c3[nH]ccc3C(N)=O)C2)ccc1F. The summed E-state index contributed by atoms with van der Waals surface area (Å²) in [4.78, 5) is 17.0. The molecule has 1 aliphatic heterocycles. The first-order chi connectivity index (χ1) is 11.6.